The molecule has 182 valence electrons. The molecule has 7 nitrogen and oxygen atoms in total. The number of anilines is 2. The van der Waals surface area contributed by atoms with Gasteiger partial charge >= 0.3 is 5.97 Å². The summed E-state index contributed by atoms with van der Waals surface area (Å²) in [6.07, 6.45) is 2.34. The Kier molecular flexibility index (Phi) is 8.55. The van der Waals surface area contributed by atoms with Crippen LogP contribution < -0.4 is 10.2 Å². The molecule has 0 bridgehead atoms. The first-order valence-corrected chi connectivity index (χ1v) is 12.4. The van der Waals surface area contributed by atoms with Crippen molar-refractivity contribution in [1.82, 2.24) is 9.80 Å². The van der Waals surface area contributed by atoms with Gasteiger partial charge in [-0.15, -0.1) is 0 Å². The first-order chi connectivity index (χ1) is 16.6. The molecule has 2 aromatic rings. The Bertz CT molecular complexity index is 923. The fourth-order valence-electron chi connectivity index (χ4n) is 4.40. The van der Waals surface area contributed by atoms with E-state index < -0.39 is 0 Å². The van der Waals surface area contributed by atoms with Gasteiger partial charge in [-0.25, -0.2) is 0 Å². The van der Waals surface area contributed by atoms with Crippen LogP contribution in [0.5, 0.6) is 0 Å². The van der Waals surface area contributed by atoms with Crippen molar-refractivity contribution in [3.05, 3.63) is 60.2 Å². The van der Waals surface area contributed by atoms with Crippen molar-refractivity contribution in [2.24, 2.45) is 5.92 Å². The number of carbonyl (C=O) groups excluding carboxylic acids is 2. The Balaban J connectivity index is 1.23. The highest BCUT2D eigenvalue weighted by molar-refractivity contribution is 5.92. The second-order valence-corrected chi connectivity index (χ2v) is 9.26. The van der Waals surface area contributed by atoms with Crippen molar-refractivity contribution in [2.45, 2.75) is 26.3 Å². The molecular formula is C27H36N4O3. The minimum Gasteiger partial charge on any atom is -0.465 e. The molecule has 2 aliphatic rings. The predicted molar refractivity (Wildman–Crippen MR) is 135 cm³/mol. The van der Waals surface area contributed by atoms with Crippen LogP contribution in [0.3, 0.4) is 0 Å². The van der Waals surface area contributed by atoms with Crippen molar-refractivity contribution in [1.29, 1.82) is 0 Å². The van der Waals surface area contributed by atoms with Crippen LogP contribution in [-0.2, 0) is 20.9 Å². The summed E-state index contributed by atoms with van der Waals surface area (Å²) in [5, 5.41) is 2.98. The molecule has 0 aromatic heterocycles. The third-order valence-electron chi connectivity index (χ3n) is 6.38. The summed E-state index contributed by atoms with van der Waals surface area (Å²) in [5.74, 6) is 0.214. The van der Waals surface area contributed by atoms with Crippen molar-refractivity contribution in [3.63, 3.8) is 0 Å². The molecule has 1 amide bonds. The van der Waals surface area contributed by atoms with E-state index >= 15 is 0 Å². The number of amides is 1. The van der Waals surface area contributed by atoms with Gasteiger partial charge in [-0.2, -0.15) is 0 Å². The lowest BCUT2D eigenvalue weighted by Crippen LogP contribution is -2.45. The maximum absolute atomic E-state index is 12.6. The second kappa shape index (κ2) is 12.0. The molecular weight excluding hydrogens is 428 g/mol. The van der Waals surface area contributed by atoms with Crippen LogP contribution in [0.2, 0.25) is 0 Å². The van der Waals surface area contributed by atoms with E-state index in [1.807, 2.05) is 17.0 Å². The number of hydrogen-bond donors (Lipinski definition) is 1. The van der Waals surface area contributed by atoms with Crippen molar-refractivity contribution in [3.8, 4) is 0 Å². The third kappa shape index (κ3) is 7.57. The van der Waals surface area contributed by atoms with Crippen LogP contribution in [0.1, 0.15) is 25.3 Å². The minimum atomic E-state index is -0.274. The Morgan fingerprint density at radius 3 is 2.32 bits per heavy atom. The normalized spacial score (nSPS) is 16.5. The Hall–Kier alpha value is -2.90. The topological polar surface area (TPSA) is 65.1 Å². The summed E-state index contributed by atoms with van der Waals surface area (Å²) >= 11 is 0. The smallest absolute Gasteiger partial charge is 0.320 e. The first-order valence-electron chi connectivity index (χ1n) is 12.4. The molecule has 34 heavy (non-hydrogen) atoms. The average Bonchev–Trinajstić information content (AvgIpc) is 3.65. The molecule has 1 aliphatic heterocycles. The zero-order valence-corrected chi connectivity index (χ0v) is 20.1. The molecule has 0 atom stereocenters. The highest BCUT2D eigenvalue weighted by Crippen LogP contribution is 2.29. The van der Waals surface area contributed by atoms with Gasteiger partial charge in [0.1, 0.15) is 0 Å². The summed E-state index contributed by atoms with van der Waals surface area (Å²) in [5.41, 5.74) is 3.31. The molecule has 4 rings (SSSR count). The molecule has 2 fully saturated rings. The van der Waals surface area contributed by atoms with E-state index in [1.165, 1.54) is 24.1 Å². The molecule has 1 heterocycles. The van der Waals surface area contributed by atoms with Crippen molar-refractivity contribution < 1.29 is 14.3 Å². The summed E-state index contributed by atoms with van der Waals surface area (Å²) < 4.78 is 5.06. The van der Waals surface area contributed by atoms with Gasteiger partial charge in [0.25, 0.3) is 0 Å². The summed E-state index contributed by atoms with van der Waals surface area (Å²) in [4.78, 5) is 31.3. The second-order valence-electron chi connectivity index (χ2n) is 9.26. The highest BCUT2D eigenvalue weighted by atomic mass is 16.5. The van der Waals surface area contributed by atoms with Crippen LogP contribution in [-0.4, -0.2) is 74.1 Å². The van der Waals surface area contributed by atoms with Crippen molar-refractivity contribution >= 4 is 23.3 Å². The molecule has 1 N–H and O–H groups in total. The van der Waals surface area contributed by atoms with E-state index in [4.69, 9.17) is 4.74 Å². The maximum atomic E-state index is 12.6. The SMILES string of the molecule is CCOC(=O)CN(CC(=O)Nc1ccc(N2CCN(Cc3ccccc3)CC2)cc1)CC1CC1. The average molecular weight is 465 g/mol. The molecule has 2 aromatic carbocycles. The Labute approximate surface area is 202 Å². The summed E-state index contributed by atoms with van der Waals surface area (Å²) in [6, 6.07) is 18.7. The summed E-state index contributed by atoms with van der Waals surface area (Å²) in [6.45, 7) is 8.31. The third-order valence-corrected chi connectivity index (χ3v) is 6.38. The van der Waals surface area contributed by atoms with Gasteiger partial charge in [0.2, 0.25) is 5.91 Å². The number of rotatable bonds is 11. The van der Waals surface area contributed by atoms with E-state index in [9.17, 15) is 9.59 Å². The number of nitrogens with one attached hydrogen (secondary N) is 1. The predicted octanol–water partition coefficient (Wildman–Crippen LogP) is 3.22. The van der Waals surface area contributed by atoms with E-state index in [1.54, 1.807) is 6.92 Å². The zero-order valence-electron chi connectivity index (χ0n) is 20.1. The van der Waals surface area contributed by atoms with Crippen molar-refractivity contribution in [2.75, 3.05) is 62.6 Å². The van der Waals surface area contributed by atoms with E-state index in [0.717, 1.165) is 45.0 Å². The molecule has 0 radical (unpaired) electrons. The van der Waals surface area contributed by atoms with E-state index in [2.05, 4.69) is 57.6 Å². The summed E-state index contributed by atoms with van der Waals surface area (Å²) in [7, 11) is 0. The molecule has 0 spiro atoms. The fraction of sp³-hybridized carbons (Fsp3) is 0.481. The highest BCUT2D eigenvalue weighted by Gasteiger charge is 2.26. The molecule has 1 saturated heterocycles. The largest absolute Gasteiger partial charge is 0.465 e. The van der Waals surface area contributed by atoms with Gasteiger partial charge < -0.3 is 15.0 Å². The van der Waals surface area contributed by atoms with Crippen LogP contribution in [0.25, 0.3) is 0 Å². The number of hydrogen-bond acceptors (Lipinski definition) is 6. The first kappa shape index (κ1) is 24.2. The lowest BCUT2D eigenvalue weighted by atomic mass is 10.2. The van der Waals surface area contributed by atoms with Gasteiger partial charge in [0.05, 0.1) is 19.7 Å². The van der Waals surface area contributed by atoms with E-state index in [-0.39, 0.29) is 25.0 Å². The minimum absolute atomic E-state index is 0.104. The quantitative estimate of drug-likeness (QED) is 0.515. The van der Waals surface area contributed by atoms with Gasteiger partial charge in [0.15, 0.2) is 0 Å². The lowest BCUT2D eigenvalue weighted by Gasteiger charge is -2.36. The van der Waals surface area contributed by atoms with Crippen LogP contribution in [0.15, 0.2) is 54.6 Å². The van der Waals surface area contributed by atoms with Gasteiger partial charge in [-0.05, 0) is 55.5 Å². The maximum Gasteiger partial charge on any atom is 0.320 e. The molecule has 0 unspecified atom stereocenters. The standard InChI is InChI=1S/C27H36N4O3/c1-2-34-27(33)21-30(19-23-8-9-23)20-26(32)28-24-10-12-25(13-11-24)31-16-14-29(15-17-31)18-22-6-4-3-5-7-22/h3-7,10-13,23H,2,8-9,14-21H2,1H3,(H,28,32). The number of piperazine rings is 1. The van der Waals surface area contributed by atoms with E-state index in [0.29, 0.717) is 12.5 Å². The molecule has 1 saturated carbocycles. The van der Waals surface area contributed by atoms with Gasteiger partial charge in [-0.1, -0.05) is 30.3 Å². The number of carbonyl (C=O) groups is 2. The fourth-order valence-corrected chi connectivity index (χ4v) is 4.40. The number of nitrogens with zero attached hydrogens (tertiary/aromatic N) is 3. The molecule has 1 aliphatic carbocycles. The number of benzene rings is 2. The van der Waals surface area contributed by atoms with Crippen LogP contribution >= 0.6 is 0 Å². The lowest BCUT2D eigenvalue weighted by molar-refractivity contribution is -0.144. The zero-order chi connectivity index (χ0) is 23.8. The Morgan fingerprint density at radius 2 is 1.68 bits per heavy atom. The van der Waals surface area contributed by atoms with Crippen LogP contribution in [0, 0.1) is 5.92 Å². The molecule has 7 heteroatoms. The number of esters is 1. The van der Waals surface area contributed by atoms with Gasteiger partial charge in [-0.3, -0.25) is 19.4 Å². The monoisotopic (exact) mass is 464 g/mol. The number of ether oxygens (including phenoxy) is 1. The van der Waals surface area contributed by atoms with Gasteiger partial charge in [0, 0.05) is 50.6 Å². The Morgan fingerprint density at radius 1 is 0.971 bits per heavy atom. The van der Waals surface area contributed by atoms with Crippen LogP contribution in [0.4, 0.5) is 11.4 Å².